The largest absolute Gasteiger partial charge is 0.416 e. The fourth-order valence-corrected chi connectivity index (χ4v) is 8.20. The van der Waals surface area contributed by atoms with E-state index in [1.165, 1.54) is 22.1 Å². The monoisotopic (exact) mass is 704 g/mol. The van der Waals surface area contributed by atoms with Crippen LogP contribution in [0.3, 0.4) is 0 Å². The second-order valence-electron chi connectivity index (χ2n) is 13.9. The first-order chi connectivity index (χ1) is 27.3. The number of benzene rings is 8. The molecule has 0 aliphatic rings. The van der Waals surface area contributed by atoms with Crippen LogP contribution in [0.1, 0.15) is 0 Å². The molecule has 0 amide bonds. The van der Waals surface area contributed by atoms with Crippen LogP contribution in [0.2, 0.25) is 0 Å². The summed E-state index contributed by atoms with van der Waals surface area (Å²) in [5, 5.41) is 13.9. The number of rotatable bonds is 6. The Morgan fingerprint density at radius 3 is 1.53 bits per heavy atom. The van der Waals surface area contributed by atoms with Crippen molar-refractivity contribution >= 4 is 43.6 Å². The molecule has 11 rings (SSSR count). The molecule has 0 saturated carbocycles. The van der Waals surface area contributed by atoms with Crippen molar-refractivity contribution in [3.05, 3.63) is 194 Å². The van der Waals surface area contributed by atoms with Crippen molar-refractivity contribution in [3.63, 3.8) is 0 Å². The van der Waals surface area contributed by atoms with E-state index in [1.807, 2.05) is 6.07 Å². The SMILES string of the molecule is c1ccc(-c2cccc(-n3c4ccccc4c4cc(-c5nnc(-c6cccc7c8ccccc8n(-c8cccc(-c9ccccc9)c8)c67)o5)ccc43)c2)cc1. The Labute approximate surface area is 317 Å². The van der Waals surface area contributed by atoms with Gasteiger partial charge in [0.05, 0.1) is 27.6 Å². The number of nitrogens with zero attached hydrogens (tertiary/aromatic N) is 4. The lowest BCUT2D eigenvalue weighted by molar-refractivity contribution is 0.585. The Morgan fingerprint density at radius 2 is 0.836 bits per heavy atom. The highest BCUT2D eigenvalue weighted by Crippen LogP contribution is 2.40. The summed E-state index contributed by atoms with van der Waals surface area (Å²) in [7, 11) is 0. The summed E-state index contributed by atoms with van der Waals surface area (Å²) in [5.74, 6) is 0.953. The van der Waals surface area contributed by atoms with Gasteiger partial charge in [0.2, 0.25) is 11.8 Å². The summed E-state index contributed by atoms with van der Waals surface area (Å²) in [6.45, 7) is 0. The average molecular weight is 705 g/mol. The van der Waals surface area contributed by atoms with Gasteiger partial charge < -0.3 is 13.6 Å². The van der Waals surface area contributed by atoms with E-state index < -0.39 is 0 Å². The molecule has 0 saturated heterocycles. The minimum absolute atomic E-state index is 0.476. The Bertz CT molecular complexity index is 3210. The van der Waals surface area contributed by atoms with Crippen molar-refractivity contribution < 1.29 is 4.42 Å². The number of fused-ring (bicyclic) bond motifs is 6. The summed E-state index contributed by atoms with van der Waals surface area (Å²) in [4.78, 5) is 0. The average Bonchev–Trinajstić information content (AvgIpc) is 3.98. The Hall–Kier alpha value is -7.50. The van der Waals surface area contributed by atoms with Crippen LogP contribution in [0.4, 0.5) is 0 Å². The summed E-state index contributed by atoms with van der Waals surface area (Å²) in [6.07, 6.45) is 0. The molecule has 3 heterocycles. The number of hydrogen-bond acceptors (Lipinski definition) is 3. The molecule has 5 heteroatoms. The van der Waals surface area contributed by atoms with Crippen molar-refractivity contribution in [2.75, 3.05) is 0 Å². The predicted octanol–water partition coefficient (Wildman–Crippen LogP) is 12.9. The molecule has 0 aliphatic heterocycles. The van der Waals surface area contributed by atoms with Crippen LogP contribution in [0, 0.1) is 0 Å². The van der Waals surface area contributed by atoms with Gasteiger partial charge in [0.25, 0.3) is 0 Å². The smallest absolute Gasteiger partial charge is 0.250 e. The van der Waals surface area contributed by atoms with Gasteiger partial charge in [-0.05, 0) is 82.9 Å². The first-order valence-electron chi connectivity index (χ1n) is 18.5. The van der Waals surface area contributed by atoms with E-state index in [4.69, 9.17) is 4.42 Å². The van der Waals surface area contributed by atoms with Crippen molar-refractivity contribution in [1.82, 2.24) is 19.3 Å². The fourth-order valence-electron chi connectivity index (χ4n) is 8.20. The van der Waals surface area contributed by atoms with Crippen LogP contribution < -0.4 is 0 Å². The molecule has 0 atom stereocenters. The van der Waals surface area contributed by atoms with Crippen molar-refractivity contribution in [2.24, 2.45) is 0 Å². The molecular formula is C50H32N4O. The van der Waals surface area contributed by atoms with E-state index >= 15 is 0 Å². The van der Waals surface area contributed by atoms with Gasteiger partial charge in [-0.1, -0.05) is 133 Å². The summed E-state index contributed by atoms with van der Waals surface area (Å²) in [5.41, 5.74) is 13.0. The minimum Gasteiger partial charge on any atom is -0.416 e. The third kappa shape index (κ3) is 5.09. The normalized spacial score (nSPS) is 11.6. The van der Waals surface area contributed by atoms with Gasteiger partial charge in [-0.2, -0.15) is 0 Å². The van der Waals surface area contributed by atoms with E-state index in [9.17, 15) is 0 Å². The van der Waals surface area contributed by atoms with Gasteiger partial charge in [0.1, 0.15) is 0 Å². The number of para-hydroxylation sites is 3. The molecule has 0 aliphatic carbocycles. The first kappa shape index (κ1) is 31.1. The van der Waals surface area contributed by atoms with Gasteiger partial charge >= 0.3 is 0 Å². The third-order valence-electron chi connectivity index (χ3n) is 10.7. The van der Waals surface area contributed by atoms with Gasteiger partial charge in [0.15, 0.2) is 0 Å². The fraction of sp³-hybridized carbons (Fsp3) is 0. The molecule has 8 aromatic carbocycles. The lowest BCUT2D eigenvalue weighted by Crippen LogP contribution is -1.96. The second-order valence-corrected chi connectivity index (χ2v) is 13.9. The molecule has 0 N–H and O–H groups in total. The van der Waals surface area contributed by atoms with E-state index in [0.29, 0.717) is 11.8 Å². The van der Waals surface area contributed by atoms with E-state index in [1.54, 1.807) is 0 Å². The van der Waals surface area contributed by atoms with Gasteiger partial charge in [-0.25, -0.2) is 0 Å². The maximum atomic E-state index is 6.62. The zero-order valence-electron chi connectivity index (χ0n) is 29.7. The Kier molecular flexibility index (Phi) is 7.10. The first-order valence-corrected chi connectivity index (χ1v) is 18.5. The van der Waals surface area contributed by atoms with Crippen LogP contribution in [0.15, 0.2) is 199 Å². The molecule has 11 aromatic rings. The van der Waals surface area contributed by atoms with Crippen molar-refractivity contribution in [1.29, 1.82) is 0 Å². The third-order valence-corrected chi connectivity index (χ3v) is 10.7. The molecule has 3 aromatic heterocycles. The van der Waals surface area contributed by atoms with E-state index in [0.717, 1.165) is 66.3 Å². The number of aromatic nitrogens is 4. The molecule has 0 spiro atoms. The molecule has 0 radical (unpaired) electrons. The summed E-state index contributed by atoms with van der Waals surface area (Å²) < 4.78 is 11.3. The van der Waals surface area contributed by atoms with Crippen LogP contribution in [-0.4, -0.2) is 19.3 Å². The molecule has 5 nitrogen and oxygen atoms in total. The maximum absolute atomic E-state index is 6.62. The highest BCUT2D eigenvalue weighted by atomic mass is 16.4. The van der Waals surface area contributed by atoms with Gasteiger partial charge in [0, 0.05) is 38.5 Å². The highest BCUT2D eigenvalue weighted by Gasteiger charge is 2.21. The minimum atomic E-state index is 0.476. The summed E-state index contributed by atoms with van der Waals surface area (Å²) >= 11 is 0. The lowest BCUT2D eigenvalue weighted by atomic mass is 10.0. The maximum Gasteiger partial charge on any atom is 0.250 e. The number of hydrogen-bond donors (Lipinski definition) is 0. The standard InChI is InChI=1S/C50H32N4O/c1-3-14-33(15-4-1)35-18-11-20-38(30-35)53-45-26-9-8-23-41(45)44-32-37(28-29-47(44)53)49-51-52-50(55-49)43-25-13-24-42-40-22-7-10-27-46(40)54(48(42)43)39-21-12-19-36(31-39)34-16-5-2-6-17-34/h1-32H. The van der Waals surface area contributed by atoms with Crippen LogP contribution in [-0.2, 0) is 0 Å². The Morgan fingerprint density at radius 1 is 0.327 bits per heavy atom. The summed E-state index contributed by atoms with van der Waals surface area (Å²) in [6, 6.07) is 68.3. The topological polar surface area (TPSA) is 48.8 Å². The van der Waals surface area contributed by atoms with E-state index in [2.05, 4.69) is 207 Å². The van der Waals surface area contributed by atoms with Crippen LogP contribution >= 0.6 is 0 Å². The van der Waals surface area contributed by atoms with Crippen LogP contribution in [0.5, 0.6) is 0 Å². The predicted molar refractivity (Wildman–Crippen MR) is 225 cm³/mol. The second kappa shape index (κ2) is 12.6. The molecule has 0 bridgehead atoms. The highest BCUT2D eigenvalue weighted by molar-refractivity contribution is 6.13. The van der Waals surface area contributed by atoms with Crippen molar-refractivity contribution in [3.8, 4) is 56.5 Å². The Balaban J connectivity index is 1.04. The zero-order valence-corrected chi connectivity index (χ0v) is 29.7. The van der Waals surface area contributed by atoms with Crippen molar-refractivity contribution in [2.45, 2.75) is 0 Å². The molecule has 0 fully saturated rings. The van der Waals surface area contributed by atoms with Gasteiger partial charge in [-0.3, -0.25) is 0 Å². The quantitative estimate of drug-likeness (QED) is 0.173. The van der Waals surface area contributed by atoms with Crippen LogP contribution in [0.25, 0.3) is 100 Å². The molecular weight excluding hydrogens is 673 g/mol. The molecule has 0 unspecified atom stereocenters. The van der Waals surface area contributed by atoms with E-state index in [-0.39, 0.29) is 0 Å². The van der Waals surface area contributed by atoms with Gasteiger partial charge in [-0.15, -0.1) is 10.2 Å². The molecule has 55 heavy (non-hydrogen) atoms. The zero-order chi connectivity index (χ0) is 36.3. The lowest BCUT2D eigenvalue weighted by Gasteiger charge is -2.12. The molecule has 258 valence electrons.